The largest absolute Gasteiger partial charge is 0.494 e. The first kappa shape index (κ1) is 22.6. The van der Waals surface area contributed by atoms with Crippen molar-refractivity contribution < 1.29 is 19.1 Å². The lowest BCUT2D eigenvalue weighted by atomic mass is 9.92. The van der Waals surface area contributed by atoms with Gasteiger partial charge in [0.15, 0.2) is 0 Å². The molecule has 1 fully saturated rings. The minimum Gasteiger partial charge on any atom is -0.494 e. The summed E-state index contributed by atoms with van der Waals surface area (Å²) in [6, 6.07) is 12.2. The summed E-state index contributed by atoms with van der Waals surface area (Å²) in [5, 5.41) is 5.77. The van der Waals surface area contributed by atoms with E-state index in [1.807, 2.05) is 6.07 Å². The Morgan fingerprint density at radius 3 is 2.03 bits per heavy atom. The van der Waals surface area contributed by atoms with Crippen LogP contribution in [0.1, 0.15) is 30.6 Å². The van der Waals surface area contributed by atoms with Gasteiger partial charge in [-0.05, 0) is 30.4 Å². The van der Waals surface area contributed by atoms with Gasteiger partial charge >= 0.3 is 0 Å². The molecule has 0 spiro atoms. The average molecular weight is 426 g/mol. The maximum absolute atomic E-state index is 12.7. The summed E-state index contributed by atoms with van der Waals surface area (Å²) in [6.45, 7) is 6.60. The molecular formula is C24H31N3O4. The number of benzene rings is 2. The van der Waals surface area contributed by atoms with Crippen molar-refractivity contribution in [1.29, 1.82) is 0 Å². The Kier molecular flexibility index (Phi) is 7.52. The van der Waals surface area contributed by atoms with Crippen molar-refractivity contribution in [3.63, 3.8) is 0 Å². The Morgan fingerprint density at radius 2 is 1.48 bits per heavy atom. The van der Waals surface area contributed by atoms with Crippen molar-refractivity contribution >= 4 is 23.2 Å². The first-order valence-electron chi connectivity index (χ1n) is 10.5. The summed E-state index contributed by atoms with van der Waals surface area (Å²) < 4.78 is 10.9. The van der Waals surface area contributed by atoms with E-state index in [0.29, 0.717) is 46.8 Å². The normalized spacial score (nSPS) is 18.8. The number of nitrogens with zero attached hydrogens (tertiary/aromatic N) is 1. The number of methoxy groups -OCH3 is 2. The van der Waals surface area contributed by atoms with Gasteiger partial charge in [0.05, 0.1) is 32.1 Å². The number of amides is 2. The molecule has 7 nitrogen and oxygen atoms in total. The van der Waals surface area contributed by atoms with E-state index in [9.17, 15) is 9.59 Å². The number of rotatable bonds is 7. The van der Waals surface area contributed by atoms with Crippen LogP contribution in [0, 0.1) is 11.8 Å². The van der Waals surface area contributed by atoms with Crippen molar-refractivity contribution in [3.8, 4) is 11.5 Å². The summed E-state index contributed by atoms with van der Waals surface area (Å²) >= 11 is 0. The zero-order valence-corrected chi connectivity index (χ0v) is 18.6. The van der Waals surface area contributed by atoms with Gasteiger partial charge in [0.1, 0.15) is 11.5 Å². The molecule has 7 heteroatoms. The Morgan fingerprint density at radius 1 is 0.935 bits per heavy atom. The third-order valence-electron chi connectivity index (χ3n) is 5.39. The molecule has 0 aromatic heterocycles. The number of carbonyl (C=O) groups excluding carboxylic acids is 2. The molecule has 2 aromatic carbocycles. The van der Waals surface area contributed by atoms with E-state index in [1.165, 1.54) is 20.6 Å². The second kappa shape index (κ2) is 10.3. The molecule has 2 atom stereocenters. The molecule has 2 aromatic rings. The van der Waals surface area contributed by atoms with E-state index in [4.69, 9.17) is 9.47 Å². The molecule has 0 bridgehead atoms. The molecule has 1 heterocycles. The van der Waals surface area contributed by atoms with E-state index < -0.39 is 0 Å². The van der Waals surface area contributed by atoms with Gasteiger partial charge in [0, 0.05) is 30.8 Å². The molecule has 1 saturated heterocycles. The van der Waals surface area contributed by atoms with Crippen LogP contribution < -0.4 is 20.1 Å². The highest BCUT2D eigenvalue weighted by Crippen LogP contribution is 2.36. The smallest absolute Gasteiger partial charge is 0.255 e. The van der Waals surface area contributed by atoms with E-state index >= 15 is 0 Å². The molecule has 3 rings (SSSR count). The molecule has 1 aliphatic heterocycles. The fourth-order valence-corrected chi connectivity index (χ4v) is 4.19. The van der Waals surface area contributed by atoms with Gasteiger partial charge in [-0.25, -0.2) is 0 Å². The highest BCUT2D eigenvalue weighted by molar-refractivity contribution is 6.05. The molecule has 31 heavy (non-hydrogen) atoms. The predicted molar refractivity (Wildman–Crippen MR) is 122 cm³/mol. The Bertz CT molecular complexity index is 907. The molecule has 0 unspecified atom stereocenters. The van der Waals surface area contributed by atoms with Crippen molar-refractivity contribution in [2.45, 2.75) is 20.3 Å². The van der Waals surface area contributed by atoms with Gasteiger partial charge in [0.25, 0.3) is 5.91 Å². The van der Waals surface area contributed by atoms with E-state index in [-0.39, 0.29) is 11.8 Å². The summed E-state index contributed by atoms with van der Waals surface area (Å²) in [5.74, 6) is 1.67. The number of hydrogen-bond donors (Lipinski definition) is 2. The van der Waals surface area contributed by atoms with Gasteiger partial charge in [-0.15, -0.1) is 0 Å². The minimum atomic E-state index is -0.258. The average Bonchev–Trinajstić information content (AvgIpc) is 2.74. The maximum atomic E-state index is 12.7. The lowest BCUT2D eigenvalue weighted by Crippen LogP contribution is -2.42. The van der Waals surface area contributed by atoms with Crippen molar-refractivity contribution in [3.05, 3.63) is 48.0 Å². The van der Waals surface area contributed by atoms with Crippen LogP contribution >= 0.6 is 0 Å². The van der Waals surface area contributed by atoms with E-state index in [1.54, 1.807) is 36.4 Å². The Labute approximate surface area is 183 Å². The van der Waals surface area contributed by atoms with Gasteiger partial charge in [-0.1, -0.05) is 32.0 Å². The van der Waals surface area contributed by atoms with E-state index in [2.05, 4.69) is 29.4 Å². The highest BCUT2D eigenvalue weighted by Gasteiger charge is 2.24. The molecule has 0 radical (unpaired) electrons. The topological polar surface area (TPSA) is 79.9 Å². The van der Waals surface area contributed by atoms with Crippen LogP contribution in [0.3, 0.4) is 0 Å². The second-order valence-corrected chi connectivity index (χ2v) is 8.26. The quantitative estimate of drug-likeness (QED) is 0.704. The van der Waals surface area contributed by atoms with Gasteiger partial charge in [-0.3, -0.25) is 14.5 Å². The van der Waals surface area contributed by atoms with Crippen LogP contribution in [0.4, 0.5) is 11.4 Å². The molecule has 0 saturated carbocycles. The lowest BCUT2D eigenvalue weighted by Gasteiger charge is -2.34. The second-order valence-electron chi connectivity index (χ2n) is 8.26. The molecule has 2 amide bonds. The van der Waals surface area contributed by atoms with Crippen molar-refractivity contribution in [2.75, 3.05) is 44.5 Å². The molecule has 1 aliphatic rings. The predicted octanol–water partition coefficient (Wildman–Crippen LogP) is 3.87. The molecule has 2 N–H and O–H groups in total. The number of anilines is 2. The zero-order chi connectivity index (χ0) is 22.4. The Balaban J connectivity index is 1.73. The fourth-order valence-electron chi connectivity index (χ4n) is 4.19. The van der Waals surface area contributed by atoms with Crippen LogP contribution in [-0.4, -0.2) is 50.6 Å². The van der Waals surface area contributed by atoms with Crippen molar-refractivity contribution in [1.82, 2.24) is 4.90 Å². The zero-order valence-electron chi connectivity index (χ0n) is 18.6. The first-order chi connectivity index (χ1) is 14.9. The number of carbonyl (C=O) groups is 2. The summed E-state index contributed by atoms with van der Waals surface area (Å²) in [5.41, 5.74) is 1.50. The SMILES string of the molecule is COc1cc(NC(=O)c2ccccc2)c(OC)cc1NC(=O)CN1C[C@@H](C)C[C@H](C)C1. The fraction of sp³-hybridized carbons (Fsp3) is 0.417. The van der Waals surface area contributed by atoms with Gasteiger partial charge in [-0.2, -0.15) is 0 Å². The monoisotopic (exact) mass is 425 g/mol. The summed E-state index contributed by atoms with van der Waals surface area (Å²) in [7, 11) is 3.04. The summed E-state index contributed by atoms with van der Waals surface area (Å²) in [6.07, 6.45) is 1.19. The minimum absolute atomic E-state index is 0.109. The lowest BCUT2D eigenvalue weighted by molar-refractivity contribution is -0.117. The van der Waals surface area contributed by atoms with Crippen LogP contribution in [-0.2, 0) is 4.79 Å². The molecule has 0 aliphatic carbocycles. The highest BCUT2D eigenvalue weighted by atomic mass is 16.5. The van der Waals surface area contributed by atoms with Crippen LogP contribution in [0.5, 0.6) is 11.5 Å². The van der Waals surface area contributed by atoms with E-state index in [0.717, 1.165) is 13.1 Å². The number of likely N-dealkylation sites (tertiary alicyclic amines) is 1. The number of piperidine rings is 1. The first-order valence-corrected chi connectivity index (χ1v) is 10.5. The number of nitrogens with one attached hydrogen (secondary N) is 2. The third kappa shape index (κ3) is 5.98. The van der Waals surface area contributed by atoms with Crippen LogP contribution in [0.25, 0.3) is 0 Å². The van der Waals surface area contributed by atoms with Crippen LogP contribution in [0.15, 0.2) is 42.5 Å². The third-order valence-corrected chi connectivity index (χ3v) is 5.39. The van der Waals surface area contributed by atoms with Gasteiger partial charge < -0.3 is 20.1 Å². The molecular weight excluding hydrogens is 394 g/mol. The summed E-state index contributed by atoms with van der Waals surface area (Å²) in [4.78, 5) is 27.4. The van der Waals surface area contributed by atoms with Crippen molar-refractivity contribution in [2.24, 2.45) is 11.8 Å². The maximum Gasteiger partial charge on any atom is 0.255 e. The van der Waals surface area contributed by atoms with Crippen LogP contribution in [0.2, 0.25) is 0 Å². The Hall–Kier alpha value is -3.06. The number of ether oxygens (including phenoxy) is 2. The standard InChI is InChI=1S/C24H31N3O4/c1-16-10-17(2)14-27(13-16)15-23(28)25-19-11-22(31-4)20(12-21(19)30-3)26-24(29)18-8-6-5-7-9-18/h5-9,11-12,16-17H,10,13-15H2,1-4H3,(H,25,28)(H,26,29)/t16-,17-/m0/s1. The van der Waals surface area contributed by atoms with Gasteiger partial charge in [0.2, 0.25) is 5.91 Å². The number of hydrogen-bond acceptors (Lipinski definition) is 5. The molecule has 166 valence electrons.